The Bertz CT molecular complexity index is 733. The third-order valence-corrected chi connectivity index (χ3v) is 3.94. The second-order valence-corrected chi connectivity index (χ2v) is 5.59. The van der Waals surface area contributed by atoms with E-state index in [0.717, 1.165) is 37.6 Å². The molecule has 0 N–H and O–H groups in total. The molecule has 150 valence electrons. The summed E-state index contributed by atoms with van der Waals surface area (Å²) in [6.45, 7) is 11.0. The van der Waals surface area contributed by atoms with Gasteiger partial charge in [0.1, 0.15) is 12.2 Å². The molecule has 0 aliphatic carbocycles. The molecule has 0 saturated heterocycles. The van der Waals surface area contributed by atoms with Gasteiger partial charge in [-0.25, -0.2) is 9.97 Å². The van der Waals surface area contributed by atoms with E-state index in [9.17, 15) is 0 Å². The zero-order valence-corrected chi connectivity index (χ0v) is 18.0. The first-order valence-electron chi connectivity index (χ1n) is 10.4. The van der Waals surface area contributed by atoms with E-state index in [2.05, 4.69) is 51.0 Å². The molecule has 0 spiro atoms. The normalized spacial score (nSPS) is 11.4. The van der Waals surface area contributed by atoms with Gasteiger partial charge in [0.15, 0.2) is 0 Å². The Morgan fingerprint density at radius 3 is 2.04 bits per heavy atom. The van der Waals surface area contributed by atoms with Gasteiger partial charge in [-0.05, 0) is 24.5 Å². The summed E-state index contributed by atoms with van der Waals surface area (Å²) in [5, 5.41) is 0. The molecule has 0 amide bonds. The first-order valence-corrected chi connectivity index (χ1v) is 10.4. The zero-order chi connectivity index (χ0) is 20.6. The Morgan fingerprint density at radius 2 is 1.43 bits per heavy atom. The van der Waals surface area contributed by atoms with Crippen molar-refractivity contribution in [2.24, 2.45) is 0 Å². The van der Waals surface area contributed by atoms with Crippen LogP contribution in [0.25, 0.3) is 0 Å². The number of benzene rings is 2. The molecule has 0 radical (unpaired) electrons. The van der Waals surface area contributed by atoms with Gasteiger partial charge in [-0.2, -0.15) is 4.98 Å². The molecule has 0 atom stereocenters. The molecular weight excluding hydrogens is 344 g/mol. The maximum Gasteiger partial charge on any atom is 0.233 e. The third-order valence-electron chi connectivity index (χ3n) is 3.94. The van der Waals surface area contributed by atoms with Gasteiger partial charge < -0.3 is 4.90 Å². The Kier molecular flexibility index (Phi) is 11.9. The summed E-state index contributed by atoms with van der Waals surface area (Å²) in [4.78, 5) is 15.2. The van der Waals surface area contributed by atoms with Crippen LogP contribution in [0, 0.1) is 0 Å². The molecule has 4 rings (SSSR count). The highest BCUT2D eigenvalue weighted by Gasteiger charge is 2.19. The molecule has 0 saturated carbocycles. The van der Waals surface area contributed by atoms with Gasteiger partial charge in [0.25, 0.3) is 0 Å². The predicted molar refractivity (Wildman–Crippen MR) is 120 cm³/mol. The topological polar surface area (TPSA) is 41.9 Å². The van der Waals surface area contributed by atoms with E-state index in [1.807, 2.05) is 64.1 Å². The van der Waals surface area contributed by atoms with Gasteiger partial charge in [-0.1, -0.05) is 89.2 Å². The molecule has 3 aromatic rings. The van der Waals surface area contributed by atoms with Crippen LogP contribution in [0.4, 0.5) is 11.6 Å². The lowest BCUT2D eigenvalue weighted by molar-refractivity contribution is 0.740. The fourth-order valence-corrected chi connectivity index (χ4v) is 2.75. The van der Waals surface area contributed by atoms with Gasteiger partial charge in [-0.3, -0.25) is 0 Å². The van der Waals surface area contributed by atoms with E-state index >= 15 is 0 Å². The van der Waals surface area contributed by atoms with Crippen molar-refractivity contribution in [3.05, 3.63) is 78.4 Å². The van der Waals surface area contributed by atoms with E-state index in [0.29, 0.717) is 0 Å². The molecule has 1 aliphatic rings. The number of para-hydroxylation sites is 1. The first-order chi connectivity index (χ1) is 13.9. The number of anilines is 2. The fourth-order valence-electron chi connectivity index (χ4n) is 2.75. The first kappa shape index (κ1) is 23.3. The summed E-state index contributed by atoms with van der Waals surface area (Å²) >= 11 is 0. The summed E-state index contributed by atoms with van der Waals surface area (Å²) < 4.78 is 0. The van der Waals surface area contributed by atoms with Crippen LogP contribution >= 0.6 is 0 Å². The van der Waals surface area contributed by atoms with E-state index in [1.165, 1.54) is 11.3 Å². The molecule has 4 heteroatoms. The number of hydrogen-bond acceptors (Lipinski definition) is 4. The largest absolute Gasteiger partial charge is 0.310 e. The minimum absolute atomic E-state index is 0.772. The van der Waals surface area contributed by atoms with Crippen LogP contribution in [-0.2, 0) is 12.8 Å². The zero-order valence-electron chi connectivity index (χ0n) is 18.0. The maximum absolute atomic E-state index is 4.52. The van der Waals surface area contributed by atoms with Crippen LogP contribution in [0.5, 0.6) is 0 Å². The van der Waals surface area contributed by atoms with Crippen molar-refractivity contribution in [2.75, 3.05) is 11.4 Å². The van der Waals surface area contributed by atoms with E-state index in [-0.39, 0.29) is 0 Å². The molecular formula is C24H34N4. The van der Waals surface area contributed by atoms with E-state index in [1.54, 1.807) is 6.33 Å². The number of hydrogen-bond donors (Lipinski definition) is 0. The van der Waals surface area contributed by atoms with Gasteiger partial charge in [0.05, 0.1) is 0 Å². The van der Waals surface area contributed by atoms with E-state index < -0.39 is 0 Å². The number of rotatable bonds is 2. The lowest BCUT2D eigenvalue weighted by atomic mass is 10.0. The summed E-state index contributed by atoms with van der Waals surface area (Å²) in [6.07, 6.45) is 4.73. The number of fused-ring (bicyclic) bond motifs is 1. The second-order valence-electron chi connectivity index (χ2n) is 5.59. The van der Waals surface area contributed by atoms with Crippen molar-refractivity contribution in [1.82, 2.24) is 15.0 Å². The molecule has 0 bridgehead atoms. The van der Waals surface area contributed by atoms with Gasteiger partial charge in [0.2, 0.25) is 5.95 Å². The van der Waals surface area contributed by atoms with Crippen LogP contribution in [0.2, 0.25) is 0 Å². The lowest BCUT2D eigenvalue weighted by Gasteiger charge is -2.29. The monoisotopic (exact) mass is 378 g/mol. The summed E-state index contributed by atoms with van der Waals surface area (Å²) in [7, 11) is 0. The molecule has 0 unspecified atom stereocenters. The van der Waals surface area contributed by atoms with Crippen LogP contribution in [0.15, 0.2) is 67.0 Å². The fraction of sp³-hybridized carbons (Fsp3) is 0.375. The molecule has 1 aliphatic heterocycles. The predicted octanol–water partition coefficient (Wildman–Crippen LogP) is 6.26. The Morgan fingerprint density at radius 1 is 0.821 bits per heavy atom. The highest BCUT2D eigenvalue weighted by molar-refractivity contribution is 5.63. The number of nitrogens with zero attached hydrogens (tertiary/aromatic N) is 4. The standard InChI is InChI=1S/C14H16N4.C6H6.2C2H6/c1-2-13-15-10-16-14(17-13)18-9-5-7-11-6-3-4-8-12(11)18;1-2-4-6-5-3-1;2*1-2/h3-4,6,8,10H,2,5,7,9H2,1H3;1-6H;2*1-2H3. The maximum atomic E-state index is 4.52. The van der Waals surface area contributed by atoms with Crippen LogP contribution in [0.3, 0.4) is 0 Å². The van der Waals surface area contributed by atoms with Crippen molar-refractivity contribution in [2.45, 2.75) is 53.9 Å². The Hall–Kier alpha value is -2.75. The van der Waals surface area contributed by atoms with E-state index in [4.69, 9.17) is 0 Å². The molecule has 0 fully saturated rings. The lowest BCUT2D eigenvalue weighted by Crippen LogP contribution is -2.26. The molecule has 2 aromatic carbocycles. The highest BCUT2D eigenvalue weighted by Crippen LogP contribution is 2.30. The Labute approximate surface area is 170 Å². The van der Waals surface area contributed by atoms with Crippen molar-refractivity contribution in [3.8, 4) is 0 Å². The molecule has 28 heavy (non-hydrogen) atoms. The second kappa shape index (κ2) is 14.3. The summed E-state index contributed by atoms with van der Waals surface area (Å²) in [5.74, 6) is 1.62. The smallest absolute Gasteiger partial charge is 0.233 e. The minimum atomic E-state index is 0.772. The molecule has 2 heterocycles. The third kappa shape index (κ3) is 7.10. The summed E-state index contributed by atoms with van der Waals surface area (Å²) in [5.41, 5.74) is 2.61. The summed E-state index contributed by atoms with van der Waals surface area (Å²) in [6, 6.07) is 20.5. The Balaban J connectivity index is 0.000000329. The SMILES string of the molecule is CC.CC.CCc1ncnc(N2CCCc3ccccc32)n1.c1ccccc1. The number of aromatic nitrogens is 3. The van der Waals surface area contributed by atoms with Crippen molar-refractivity contribution in [3.63, 3.8) is 0 Å². The highest BCUT2D eigenvalue weighted by atomic mass is 15.3. The van der Waals surface area contributed by atoms with Crippen molar-refractivity contribution in [1.29, 1.82) is 0 Å². The number of aryl methyl sites for hydroxylation is 2. The minimum Gasteiger partial charge on any atom is -0.310 e. The van der Waals surface area contributed by atoms with Crippen molar-refractivity contribution >= 4 is 11.6 Å². The van der Waals surface area contributed by atoms with Gasteiger partial charge in [0, 0.05) is 18.7 Å². The molecule has 1 aromatic heterocycles. The molecule has 4 nitrogen and oxygen atoms in total. The van der Waals surface area contributed by atoms with Crippen LogP contribution < -0.4 is 4.90 Å². The van der Waals surface area contributed by atoms with Crippen LogP contribution in [-0.4, -0.2) is 21.5 Å². The average molecular weight is 379 g/mol. The van der Waals surface area contributed by atoms with Gasteiger partial charge in [-0.15, -0.1) is 0 Å². The quantitative estimate of drug-likeness (QED) is 0.528. The average Bonchev–Trinajstić information content (AvgIpc) is 2.83. The van der Waals surface area contributed by atoms with Crippen LogP contribution in [0.1, 0.15) is 52.4 Å². The van der Waals surface area contributed by atoms with Gasteiger partial charge >= 0.3 is 0 Å². The van der Waals surface area contributed by atoms with Crippen molar-refractivity contribution < 1.29 is 0 Å².